The Kier molecular flexibility index (Phi) is 5.42. The standard InChI is InChI=1S/C22H31N5O2/c1-14(2)16-7-6-15(3)18-19(21(29)25-22(13-28)8-4-5-9-22)26-27(20(16)18)17-12-23-10-11-24-17/h10-12,14-16,28H,4-9,13H2,1-3H3,(H,25,29). The lowest BCUT2D eigenvalue weighted by Gasteiger charge is -2.31. The molecule has 2 aromatic heterocycles. The van der Waals surface area contributed by atoms with Gasteiger partial charge in [-0.25, -0.2) is 9.67 Å². The van der Waals surface area contributed by atoms with Crippen molar-refractivity contribution < 1.29 is 9.90 Å². The molecule has 2 heterocycles. The summed E-state index contributed by atoms with van der Waals surface area (Å²) in [6.07, 6.45) is 10.8. The number of fused-ring (bicyclic) bond motifs is 1. The maximum atomic E-state index is 13.4. The van der Waals surface area contributed by atoms with E-state index in [-0.39, 0.29) is 18.4 Å². The van der Waals surface area contributed by atoms with Crippen LogP contribution >= 0.6 is 0 Å². The highest BCUT2D eigenvalue weighted by atomic mass is 16.3. The van der Waals surface area contributed by atoms with Gasteiger partial charge in [0.05, 0.1) is 24.0 Å². The van der Waals surface area contributed by atoms with Gasteiger partial charge in [0.2, 0.25) is 0 Å². The van der Waals surface area contributed by atoms with Gasteiger partial charge in [-0.15, -0.1) is 0 Å². The molecule has 0 radical (unpaired) electrons. The van der Waals surface area contributed by atoms with Gasteiger partial charge in [0.15, 0.2) is 11.5 Å². The fraction of sp³-hybridized carbons (Fsp3) is 0.636. The molecule has 0 bridgehead atoms. The van der Waals surface area contributed by atoms with Crippen LogP contribution in [0.3, 0.4) is 0 Å². The van der Waals surface area contributed by atoms with E-state index in [1.165, 1.54) is 0 Å². The fourth-order valence-electron chi connectivity index (χ4n) is 5.06. The lowest BCUT2D eigenvalue weighted by molar-refractivity contribution is 0.0831. The van der Waals surface area contributed by atoms with Crippen molar-refractivity contribution in [3.05, 3.63) is 35.5 Å². The van der Waals surface area contributed by atoms with Crippen LogP contribution in [-0.2, 0) is 0 Å². The van der Waals surface area contributed by atoms with E-state index in [1.807, 2.05) is 4.68 Å². The summed E-state index contributed by atoms with van der Waals surface area (Å²) >= 11 is 0. The van der Waals surface area contributed by atoms with Gasteiger partial charge in [-0.1, -0.05) is 33.6 Å². The molecule has 1 saturated carbocycles. The summed E-state index contributed by atoms with van der Waals surface area (Å²) in [6, 6.07) is 0. The van der Waals surface area contributed by atoms with E-state index in [1.54, 1.807) is 18.6 Å². The van der Waals surface area contributed by atoms with E-state index in [2.05, 4.69) is 36.1 Å². The van der Waals surface area contributed by atoms with E-state index in [0.29, 0.717) is 23.3 Å². The lowest BCUT2D eigenvalue weighted by atomic mass is 9.75. The van der Waals surface area contributed by atoms with E-state index in [4.69, 9.17) is 5.10 Å². The van der Waals surface area contributed by atoms with Crippen molar-refractivity contribution in [1.82, 2.24) is 25.1 Å². The third-order valence-corrected chi connectivity index (χ3v) is 6.74. The average Bonchev–Trinajstić information content (AvgIpc) is 3.35. The second kappa shape index (κ2) is 7.86. The molecule has 0 saturated heterocycles. The highest BCUT2D eigenvalue weighted by molar-refractivity contribution is 5.95. The Hall–Kier alpha value is -2.28. The highest BCUT2D eigenvalue weighted by Gasteiger charge is 2.40. The van der Waals surface area contributed by atoms with Gasteiger partial charge in [0.25, 0.3) is 5.91 Å². The first-order chi connectivity index (χ1) is 14.0. The zero-order valence-electron chi connectivity index (χ0n) is 17.6. The van der Waals surface area contributed by atoms with Crippen molar-refractivity contribution in [1.29, 1.82) is 0 Å². The molecule has 4 rings (SSSR count). The molecule has 1 amide bonds. The van der Waals surface area contributed by atoms with E-state index < -0.39 is 5.54 Å². The lowest BCUT2D eigenvalue weighted by Crippen LogP contribution is -2.49. The summed E-state index contributed by atoms with van der Waals surface area (Å²) in [6.45, 7) is 6.58. The number of carbonyl (C=O) groups is 1. The van der Waals surface area contributed by atoms with E-state index in [9.17, 15) is 9.90 Å². The molecule has 1 fully saturated rings. The average molecular weight is 398 g/mol. The van der Waals surface area contributed by atoms with Gasteiger partial charge in [-0.05, 0) is 37.5 Å². The number of aromatic nitrogens is 4. The van der Waals surface area contributed by atoms with Crippen molar-refractivity contribution in [3.8, 4) is 5.82 Å². The number of aliphatic hydroxyl groups is 1. The van der Waals surface area contributed by atoms with Crippen LogP contribution in [0.4, 0.5) is 0 Å². The normalized spacial score (nSPS) is 23.2. The van der Waals surface area contributed by atoms with Crippen LogP contribution in [-0.4, -0.2) is 42.9 Å². The molecular weight excluding hydrogens is 366 g/mol. The smallest absolute Gasteiger partial charge is 0.272 e. The number of hydrogen-bond acceptors (Lipinski definition) is 5. The second-order valence-corrected chi connectivity index (χ2v) is 9.05. The largest absolute Gasteiger partial charge is 0.394 e. The number of aliphatic hydroxyl groups excluding tert-OH is 1. The number of amides is 1. The third kappa shape index (κ3) is 3.56. The zero-order valence-corrected chi connectivity index (χ0v) is 17.6. The molecule has 0 spiro atoms. The van der Waals surface area contributed by atoms with Crippen molar-refractivity contribution in [2.75, 3.05) is 6.61 Å². The van der Waals surface area contributed by atoms with Crippen LogP contribution in [0.25, 0.3) is 5.82 Å². The topological polar surface area (TPSA) is 92.9 Å². The van der Waals surface area contributed by atoms with Gasteiger partial charge in [-0.2, -0.15) is 5.10 Å². The summed E-state index contributed by atoms with van der Waals surface area (Å²) in [5.74, 6) is 1.45. The molecule has 2 aliphatic rings. The summed E-state index contributed by atoms with van der Waals surface area (Å²) in [7, 11) is 0. The van der Waals surface area contributed by atoms with Crippen LogP contribution in [0.1, 0.15) is 92.9 Å². The van der Waals surface area contributed by atoms with Crippen LogP contribution in [0, 0.1) is 5.92 Å². The maximum Gasteiger partial charge on any atom is 0.272 e. The summed E-state index contributed by atoms with van der Waals surface area (Å²) in [4.78, 5) is 22.0. The molecular formula is C22H31N5O2. The minimum atomic E-state index is -0.518. The Morgan fingerprint density at radius 2 is 2.07 bits per heavy atom. The second-order valence-electron chi connectivity index (χ2n) is 9.05. The maximum absolute atomic E-state index is 13.4. The van der Waals surface area contributed by atoms with Gasteiger partial charge >= 0.3 is 0 Å². The number of hydrogen-bond donors (Lipinski definition) is 2. The molecule has 0 aliphatic heterocycles. The molecule has 2 atom stereocenters. The molecule has 0 aromatic carbocycles. The van der Waals surface area contributed by atoms with Gasteiger partial charge < -0.3 is 10.4 Å². The van der Waals surface area contributed by atoms with Crippen molar-refractivity contribution in [2.24, 2.45) is 5.92 Å². The van der Waals surface area contributed by atoms with Crippen LogP contribution < -0.4 is 5.32 Å². The summed E-state index contributed by atoms with van der Waals surface area (Å²) in [5, 5.41) is 17.9. The van der Waals surface area contributed by atoms with Crippen molar-refractivity contribution in [3.63, 3.8) is 0 Å². The number of carbonyl (C=O) groups excluding carboxylic acids is 1. The Morgan fingerprint density at radius 3 is 2.69 bits per heavy atom. The Bertz CT molecular complexity index is 871. The Morgan fingerprint density at radius 1 is 1.31 bits per heavy atom. The Balaban J connectivity index is 1.81. The Labute approximate surface area is 172 Å². The summed E-state index contributed by atoms with van der Waals surface area (Å²) in [5.41, 5.74) is 2.08. The van der Waals surface area contributed by atoms with E-state index in [0.717, 1.165) is 49.8 Å². The molecule has 2 aliphatic carbocycles. The van der Waals surface area contributed by atoms with Crippen LogP contribution in [0.15, 0.2) is 18.6 Å². The first-order valence-corrected chi connectivity index (χ1v) is 10.8. The molecule has 2 unspecified atom stereocenters. The quantitative estimate of drug-likeness (QED) is 0.807. The van der Waals surface area contributed by atoms with Crippen LogP contribution in [0.5, 0.6) is 0 Å². The molecule has 7 heteroatoms. The van der Waals surface area contributed by atoms with Crippen LogP contribution in [0.2, 0.25) is 0 Å². The van der Waals surface area contributed by atoms with Gasteiger partial charge in [-0.3, -0.25) is 9.78 Å². The SMILES string of the molecule is CC1CCC(C(C)C)c2c1c(C(=O)NC1(CO)CCCC1)nn2-c1cnccn1. The minimum absolute atomic E-state index is 0.0318. The van der Waals surface area contributed by atoms with E-state index >= 15 is 0 Å². The van der Waals surface area contributed by atoms with Crippen molar-refractivity contribution in [2.45, 2.75) is 76.7 Å². The molecule has 156 valence electrons. The molecule has 29 heavy (non-hydrogen) atoms. The van der Waals surface area contributed by atoms with Gasteiger partial charge in [0.1, 0.15) is 0 Å². The minimum Gasteiger partial charge on any atom is -0.394 e. The molecule has 7 nitrogen and oxygen atoms in total. The van der Waals surface area contributed by atoms with Crippen molar-refractivity contribution >= 4 is 5.91 Å². The number of nitrogens with zero attached hydrogens (tertiary/aromatic N) is 4. The molecule has 2 aromatic rings. The summed E-state index contributed by atoms with van der Waals surface area (Å²) < 4.78 is 1.83. The zero-order chi connectivity index (χ0) is 20.6. The fourth-order valence-corrected chi connectivity index (χ4v) is 5.06. The monoisotopic (exact) mass is 397 g/mol. The highest BCUT2D eigenvalue weighted by Crippen LogP contribution is 2.44. The first kappa shape index (κ1) is 20.0. The third-order valence-electron chi connectivity index (χ3n) is 6.74. The van der Waals surface area contributed by atoms with Gasteiger partial charge in [0, 0.05) is 23.9 Å². The first-order valence-electron chi connectivity index (χ1n) is 10.8. The predicted molar refractivity (Wildman–Crippen MR) is 110 cm³/mol. The number of nitrogens with one attached hydrogen (secondary N) is 1. The number of rotatable bonds is 5. The molecule has 2 N–H and O–H groups in total. The predicted octanol–water partition coefficient (Wildman–Crippen LogP) is 3.33.